The number of carbonyl (C=O) groups is 1. The van der Waals surface area contributed by atoms with Crippen LogP contribution in [0.15, 0.2) is 0 Å². The molecule has 0 aromatic heterocycles. The molecule has 1 atom stereocenters. The van der Waals surface area contributed by atoms with Crippen molar-refractivity contribution in [2.24, 2.45) is 0 Å². The van der Waals surface area contributed by atoms with Gasteiger partial charge in [0.1, 0.15) is 6.61 Å². The summed E-state index contributed by atoms with van der Waals surface area (Å²) in [6, 6.07) is 0. The molecule has 0 N–H and O–H groups in total. The van der Waals surface area contributed by atoms with Crippen LogP contribution in [0, 0.1) is 12.3 Å². The van der Waals surface area contributed by atoms with E-state index in [1.54, 1.807) is 20.8 Å². The van der Waals surface area contributed by atoms with E-state index in [0.717, 1.165) is 0 Å². The van der Waals surface area contributed by atoms with E-state index in [2.05, 4.69) is 5.92 Å². The van der Waals surface area contributed by atoms with Crippen LogP contribution < -0.4 is 0 Å². The Bertz CT molecular complexity index is 263. The van der Waals surface area contributed by atoms with Crippen molar-refractivity contribution in [1.29, 1.82) is 0 Å². The van der Waals surface area contributed by atoms with Gasteiger partial charge in [0.25, 0.3) is 5.79 Å². The Hall–Kier alpha value is -1.21. The third-order valence-corrected chi connectivity index (χ3v) is 2.14. The van der Waals surface area contributed by atoms with E-state index < -0.39 is 17.5 Å². The molecule has 4 nitrogen and oxygen atoms in total. The third kappa shape index (κ3) is 1.61. The highest BCUT2D eigenvalue weighted by atomic mass is 16.9. The summed E-state index contributed by atoms with van der Waals surface area (Å²) in [5, 5.41) is 0. The van der Waals surface area contributed by atoms with Crippen LogP contribution in [0.2, 0.25) is 0 Å². The molecule has 1 rings (SSSR count). The van der Waals surface area contributed by atoms with Gasteiger partial charge in [-0.1, -0.05) is 5.92 Å². The van der Waals surface area contributed by atoms with Gasteiger partial charge in [0.05, 0.1) is 0 Å². The first-order valence-electron chi connectivity index (χ1n) is 3.91. The van der Waals surface area contributed by atoms with Gasteiger partial charge in [0.15, 0.2) is 5.60 Å². The van der Waals surface area contributed by atoms with Crippen molar-refractivity contribution >= 4 is 6.16 Å². The maximum absolute atomic E-state index is 10.9. The fraction of sp³-hybridized carbons (Fsp3) is 0.667. The van der Waals surface area contributed by atoms with Crippen molar-refractivity contribution in [3.63, 3.8) is 0 Å². The lowest BCUT2D eigenvalue weighted by atomic mass is 10.00. The maximum atomic E-state index is 10.9. The molecular formula is C9H12O4. The van der Waals surface area contributed by atoms with E-state index in [0.29, 0.717) is 0 Å². The zero-order valence-electron chi connectivity index (χ0n) is 7.92. The summed E-state index contributed by atoms with van der Waals surface area (Å²) in [5.74, 6) is 1.20. The molecule has 13 heavy (non-hydrogen) atoms. The van der Waals surface area contributed by atoms with E-state index in [9.17, 15) is 4.79 Å². The highest BCUT2D eigenvalue weighted by molar-refractivity contribution is 5.63. The van der Waals surface area contributed by atoms with E-state index in [1.807, 2.05) is 0 Å². The number of carbonyl (C=O) groups excluding carboxylic acids is 1. The highest BCUT2D eigenvalue weighted by Crippen LogP contribution is 2.37. The Morgan fingerprint density at radius 3 is 2.46 bits per heavy atom. The molecule has 0 aromatic rings. The summed E-state index contributed by atoms with van der Waals surface area (Å²) in [6.45, 7) is 5.11. The average molecular weight is 184 g/mol. The van der Waals surface area contributed by atoms with Gasteiger partial charge in [-0.15, -0.1) is 6.42 Å². The van der Waals surface area contributed by atoms with Gasteiger partial charge in [-0.2, -0.15) is 0 Å². The standard InChI is InChI=1S/C9H12O4/c1-5-6-11-9(4)8(2,3)12-7(10)13-9/h1H,6H2,2-4H3. The molecule has 0 bridgehead atoms. The molecule has 0 amide bonds. The first-order chi connectivity index (χ1) is 5.91. The van der Waals surface area contributed by atoms with Gasteiger partial charge in [-0.25, -0.2) is 4.79 Å². The van der Waals surface area contributed by atoms with E-state index in [-0.39, 0.29) is 6.61 Å². The molecule has 1 saturated heterocycles. The van der Waals surface area contributed by atoms with Crippen LogP contribution in [-0.2, 0) is 14.2 Å². The zero-order valence-corrected chi connectivity index (χ0v) is 7.92. The van der Waals surface area contributed by atoms with Crippen molar-refractivity contribution in [1.82, 2.24) is 0 Å². The lowest BCUT2D eigenvalue weighted by molar-refractivity contribution is -0.209. The summed E-state index contributed by atoms with van der Waals surface area (Å²) in [4.78, 5) is 10.9. The molecule has 72 valence electrons. The quantitative estimate of drug-likeness (QED) is 0.479. The number of hydrogen-bond donors (Lipinski definition) is 0. The Labute approximate surface area is 77.2 Å². The molecule has 1 aliphatic heterocycles. The fourth-order valence-electron chi connectivity index (χ4n) is 0.986. The monoisotopic (exact) mass is 184 g/mol. The second-order valence-electron chi connectivity index (χ2n) is 3.40. The third-order valence-electron chi connectivity index (χ3n) is 2.14. The number of hydrogen-bond acceptors (Lipinski definition) is 4. The van der Waals surface area contributed by atoms with Crippen LogP contribution in [0.4, 0.5) is 4.79 Å². The Balaban J connectivity index is 2.77. The Morgan fingerprint density at radius 2 is 2.08 bits per heavy atom. The molecule has 0 radical (unpaired) electrons. The van der Waals surface area contributed by atoms with Gasteiger partial charge in [-0.3, -0.25) is 0 Å². The molecule has 1 heterocycles. The number of ether oxygens (including phenoxy) is 3. The van der Waals surface area contributed by atoms with Crippen LogP contribution in [0.5, 0.6) is 0 Å². The topological polar surface area (TPSA) is 44.8 Å². The van der Waals surface area contributed by atoms with E-state index >= 15 is 0 Å². The van der Waals surface area contributed by atoms with Gasteiger partial charge in [0, 0.05) is 6.92 Å². The summed E-state index contributed by atoms with van der Waals surface area (Å²) in [5.41, 5.74) is -0.819. The van der Waals surface area contributed by atoms with Gasteiger partial charge < -0.3 is 14.2 Å². The predicted octanol–water partition coefficient (Wildman–Crippen LogP) is 1.30. The summed E-state index contributed by atoms with van der Waals surface area (Å²) >= 11 is 0. The van der Waals surface area contributed by atoms with Gasteiger partial charge in [-0.05, 0) is 13.8 Å². The second-order valence-corrected chi connectivity index (χ2v) is 3.40. The minimum Gasteiger partial charge on any atom is -0.421 e. The van der Waals surface area contributed by atoms with Crippen molar-refractivity contribution in [2.75, 3.05) is 6.61 Å². The van der Waals surface area contributed by atoms with Crippen LogP contribution >= 0.6 is 0 Å². The Kier molecular flexibility index (Phi) is 2.22. The number of terminal acetylenes is 1. The molecule has 0 aliphatic carbocycles. The molecule has 1 fully saturated rings. The SMILES string of the molecule is C#CCOC1(C)OC(=O)OC1(C)C. The second kappa shape index (κ2) is 2.93. The van der Waals surface area contributed by atoms with Crippen molar-refractivity contribution in [3.8, 4) is 12.3 Å². The van der Waals surface area contributed by atoms with Gasteiger partial charge >= 0.3 is 6.16 Å². The molecule has 0 saturated carbocycles. The smallest absolute Gasteiger partial charge is 0.421 e. The maximum Gasteiger partial charge on any atom is 0.511 e. The summed E-state index contributed by atoms with van der Waals surface area (Å²) in [6.07, 6.45) is 4.30. The van der Waals surface area contributed by atoms with Crippen LogP contribution in [-0.4, -0.2) is 24.2 Å². The zero-order chi connectivity index (χ0) is 10.1. The first kappa shape index (κ1) is 9.87. The average Bonchev–Trinajstić information content (AvgIpc) is 2.17. The minimum atomic E-state index is -1.10. The molecule has 0 aromatic carbocycles. The lowest BCUT2D eigenvalue weighted by Crippen LogP contribution is -2.47. The molecule has 1 aliphatic rings. The van der Waals surface area contributed by atoms with Crippen LogP contribution in [0.25, 0.3) is 0 Å². The number of rotatable bonds is 2. The minimum absolute atomic E-state index is 0.0799. The summed E-state index contributed by atoms with van der Waals surface area (Å²) < 4.78 is 15.0. The first-order valence-corrected chi connectivity index (χ1v) is 3.91. The number of cyclic esters (lactones) is 2. The Morgan fingerprint density at radius 1 is 1.46 bits per heavy atom. The van der Waals surface area contributed by atoms with E-state index in [1.165, 1.54) is 0 Å². The predicted molar refractivity (Wildman–Crippen MR) is 44.8 cm³/mol. The van der Waals surface area contributed by atoms with Crippen molar-refractivity contribution in [2.45, 2.75) is 32.2 Å². The normalized spacial score (nSPS) is 30.5. The van der Waals surface area contributed by atoms with Crippen molar-refractivity contribution in [3.05, 3.63) is 0 Å². The molecular weight excluding hydrogens is 172 g/mol. The van der Waals surface area contributed by atoms with Gasteiger partial charge in [0.2, 0.25) is 0 Å². The largest absolute Gasteiger partial charge is 0.511 e. The van der Waals surface area contributed by atoms with E-state index in [4.69, 9.17) is 20.6 Å². The summed E-state index contributed by atoms with van der Waals surface area (Å²) in [7, 11) is 0. The fourth-order valence-corrected chi connectivity index (χ4v) is 0.986. The van der Waals surface area contributed by atoms with Crippen LogP contribution in [0.3, 0.4) is 0 Å². The lowest BCUT2D eigenvalue weighted by Gasteiger charge is -2.31. The molecule has 0 spiro atoms. The molecule has 1 unspecified atom stereocenters. The van der Waals surface area contributed by atoms with Crippen LogP contribution in [0.1, 0.15) is 20.8 Å². The molecule has 4 heteroatoms. The highest BCUT2D eigenvalue weighted by Gasteiger charge is 2.55. The van der Waals surface area contributed by atoms with Crippen molar-refractivity contribution < 1.29 is 19.0 Å².